The van der Waals surface area contributed by atoms with E-state index < -0.39 is 0 Å². The fourth-order valence-electron chi connectivity index (χ4n) is 3.78. The second kappa shape index (κ2) is 9.37. The van der Waals surface area contributed by atoms with E-state index in [1.54, 1.807) is 12.3 Å². The van der Waals surface area contributed by atoms with Gasteiger partial charge in [-0.15, -0.1) is 0 Å². The van der Waals surface area contributed by atoms with Gasteiger partial charge >= 0.3 is 0 Å². The van der Waals surface area contributed by atoms with E-state index in [1.165, 1.54) is 35.8 Å². The fourth-order valence-corrected chi connectivity index (χ4v) is 3.78. The number of carbonyl (C=O) groups is 1. The first-order chi connectivity index (χ1) is 14.3. The Labute approximate surface area is 170 Å². The number of nitrogens with one attached hydrogen (secondary N) is 3. The third-order valence-corrected chi connectivity index (χ3v) is 5.36. The Morgan fingerprint density at radius 3 is 2.93 bits per heavy atom. The number of hydrogen-bond donors (Lipinski definition) is 3. The highest BCUT2D eigenvalue weighted by molar-refractivity contribution is 5.92. The molecule has 1 aliphatic rings. The number of amides is 1. The average molecular weight is 390 g/mol. The molecule has 6 heteroatoms. The summed E-state index contributed by atoms with van der Waals surface area (Å²) in [7, 11) is 0. The van der Waals surface area contributed by atoms with Crippen molar-refractivity contribution in [1.82, 2.24) is 20.3 Å². The number of fused-ring (bicyclic) bond motifs is 1. The number of nitrogens with zero attached hydrogens (tertiary/aromatic N) is 2. The summed E-state index contributed by atoms with van der Waals surface area (Å²) in [6.45, 7) is 1.35. The molecule has 29 heavy (non-hydrogen) atoms. The van der Waals surface area contributed by atoms with Gasteiger partial charge in [0.1, 0.15) is 5.69 Å². The van der Waals surface area contributed by atoms with Crippen molar-refractivity contribution >= 4 is 22.8 Å². The summed E-state index contributed by atoms with van der Waals surface area (Å²) < 4.78 is 0. The average Bonchev–Trinajstić information content (AvgIpc) is 3.18. The Balaban J connectivity index is 1.27. The molecule has 0 saturated carbocycles. The number of rotatable bonds is 8. The van der Waals surface area contributed by atoms with E-state index in [4.69, 9.17) is 0 Å². The van der Waals surface area contributed by atoms with Gasteiger partial charge in [-0.25, -0.2) is 9.97 Å². The van der Waals surface area contributed by atoms with Gasteiger partial charge in [-0.2, -0.15) is 0 Å². The quantitative estimate of drug-likeness (QED) is 0.504. The van der Waals surface area contributed by atoms with Crippen LogP contribution in [-0.4, -0.2) is 33.9 Å². The van der Waals surface area contributed by atoms with E-state index in [2.05, 4.69) is 43.8 Å². The SMILES string of the molecule is O=C(NCCC1=CCCCC1)c1ccnc(NCCc2c[nH]c3ccccc23)n1. The number of benzene rings is 1. The van der Waals surface area contributed by atoms with Crippen LogP contribution in [-0.2, 0) is 6.42 Å². The van der Waals surface area contributed by atoms with E-state index >= 15 is 0 Å². The van der Waals surface area contributed by atoms with Crippen molar-refractivity contribution in [2.45, 2.75) is 38.5 Å². The van der Waals surface area contributed by atoms with Crippen molar-refractivity contribution in [2.24, 2.45) is 0 Å². The van der Waals surface area contributed by atoms with Crippen molar-refractivity contribution in [3.8, 4) is 0 Å². The Kier molecular flexibility index (Phi) is 6.19. The molecule has 0 saturated heterocycles. The highest BCUT2D eigenvalue weighted by atomic mass is 16.1. The lowest BCUT2D eigenvalue weighted by Gasteiger charge is -2.13. The van der Waals surface area contributed by atoms with Crippen LogP contribution in [0, 0.1) is 0 Å². The van der Waals surface area contributed by atoms with Gasteiger partial charge < -0.3 is 15.6 Å². The molecule has 0 aliphatic heterocycles. The van der Waals surface area contributed by atoms with Crippen LogP contribution in [0.5, 0.6) is 0 Å². The second-order valence-corrected chi connectivity index (χ2v) is 7.42. The molecule has 1 amide bonds. The summed E-state index contributed by atoms with van der Waals surface area (Å²) >= 11 is 0. The van der Waals surface area contributed by atoms with Gasteiger partial charge in [0, 0.05) is 36.4 Å². The van der Waals surface area contributed by atoms with E-state index in [0.717, 1.165) is 24.8 Å². The van der Waals surface area contributed by atoms with Gasteiger partial charge in [0.25, 0.3) is 5.91 Å². The molecule has 1 aromatic carbocycles. The van der Waals surface area contributed by atoms with Crippen LogP contribution in [0.1, 0.15) is 48.2 Å². The largest absolute Gasteiger partial charge is 0.361 e. The normalized spacial score (nSPS) is 13.9. The topological polar surface area (TPSA) is 82.7 Å². The molecule has 0 radical (unpaired) electrons. The van der Waals surface area contributed by atoms with Gasteiger partial charge in [0.2, 0.25) is 5.95 Å². The van der Waals surface area contributed by atoms with Crippen LogP contribution in [0.2, 0.25) is 0 Å². The summed E-state index contributed by atoms with van der Waals surface area (Å²) in [6.07, 6.45) is 12.6. The van der Waals surface area contributed by atoms with Crippen LogP contribution >= 0.6 is 0 Å². The maximum absolute atomic E-state index is 12.4. The lowest BCUT2D eigenvalue weighted by Crippen LogP contribution is -2.26. The van der Waals surface area contributed by atoms with Crippen LogP contribution in [0.3, 0.4) is 0 Å². The zero-order chi connectivity index (χ0) is 19.9. The van der Waals surface area contributed by atoms with Crippen LogP contribution in [0.25, 0.3) is 10.9 Å². The molecule has 0 bridgehead atoms. The van der Waals surface area contributed by atoms with E-state index in [0.29, 0.717) is 24.7 Å². The highest BCUT2D eigenvalue weighted by Gasteiger charge is 2.10. The van der Waals surface area contributed by atoms with Crippen molar-refractivity contribution in [1.29, 1.82) is 0 Å². The van der Waals surface area contributed by atoms with E-state index in [9.17, 15) is 4.79 Å². The summed E-state index contributed by atoms with van der Waals surface area (Å²) in [5.41, 5.74) is 4.24. The predicted octanol–water partition coefficient (Wildman–Crippen LogP) is 4.23. The van der Waals surface area contributed by atoms with Crippen LogP contribution < -0.4 is 10.6 Å². The van der Waals surface area contributed by atoms with Crippen molar-refractivity contribution < 1.29 is 4.79 Å². The maximum atomic E-state index is 12.4. The zero-order valence-electron chi connectivity index (χ0n) is 16.6. The van der Waals surface area contributed by atoms with Gasteiger partial charge in [-0.1, -0.05) is 29.8 Å². The zero-order valence-corrected chi connectivity index (χ0v) is 16.6. The van der Waals surface area contributed by atoms with E-state index in [1.807, 2.05) is 18.3 Å². The summed E-state index contributed by atoms with van der Waals surface area (Å²) in [5, 5.41) is 7.43. The molecule has 150 valence electrons. The smallest absolute Gasteiger partial charge is 0.270 e. The molecule has 0 atom stereocenters. The van der Waals surface area contributed by atoms with Crippen molar-refractivity contribution in [2.75, 3.05) is 18.4 Å². The number of allylic oxidation sites excluding steroid dienone is 1. The third kappa shape index (κ3) is 5.02. The Bertz CT molecular complexity index is 1010. The molecular formula is C23H27N5O. The Morgan fingerprint density at radius 2 is 2.03 bits per heavy atom. The first-order valence-corrected chi connectivity index (χ1v) is 10.4. The molecule has 0 spiro atoms. The van der Waals surface area contributed by atoms with Gasteiger partial charge in [-0.3, -0.25) is 4.79 Å². The van der Waals surface area contributed by atoms with Crippen molar-refractivity contribution in [3.05, 3.63) is 65.6 Å². The lowest BCUT2D eigenvalue weighted by atomic mass is 9.97. The molecular weight excluding hydrogens is 362 g/mol. The fraction of sp³-hybridized carbons (Fsp3) is 0.348. The van der Waals surface area contributed by atoms with Crippen molar-refractivity contribution in [3.63, 3.8) is 0 Å². The van der Waals surface area contributed by atoms with Crippen LogP contribution in [0.4, 0.5) is 5.95 Å². The lowest BCUT2D eigenvalue weighted by molar-refractivity contribution is 0.0949. The molecule has 6 nitrogen and oxygen atoms in total. The first kappa shape index (κ1) is 19.2. The standard InChI is InChI=1S/C23H27N5O/c29-22(24-13-10-17-6-2-1-3-7-17)21-12-15-26-23(28-21)25-14-11-18-16-27-20-9-5-4-8-19(18)20/h4-6,8-9,12,15-16,27H,1-3,7,10-11,13-14H2,(H,24,29)(H,25,26,28). The number of anilines is 1. The number of aromatic amines is 1. The van der Waals surface area contributed by atoms with Gasteiger partial charge in [0.15, 0.2) is 0 Å². The molecule has 1 aliphatic carbocycles. The minimum atomic E-state index is -0.150. The minimum Gasteiger partial charge on any atom is -0.361 e. The molecule has 4 rings (SSSR count). The number of hydrogen-bond acceptors (Lipinski definition) is 4. The highest BCUT2D eigenvalue weighted by Crippen LogP contribution is 2.19. The number of carbonyl (C=O) groups excluding carboxylic acids is 1. The molecule has 2 aromatic heterocycles. The van der Waals surface area contributed by atoms with Crippen LogP contribution in [0.15, 0.2) is 54.4 Å². The number of H-pyrrole nitrogens is 1. The van der Waals surface area contributed by atoms with Gasteiger partial charge in [0.05, 0.1) is 0 Å². The summed E-state index contributed by atoms with van der Waals surface area (Å²) in [6, 6.07) is 9.91. The first-order valence-electron chi connectivity index (χ1n) is 10.4. The monoisotopic (exact) mass is 389 g/mol. The predicted molar refractivity (Wildman–Crippen MR) is 116 cm³/mol. The Hall–Kier alpha value is -3.15. The molecule has 3 aromatic rings. The maximum Gasteiger partial charge on any atom is 0.270 e. The van der Waals surface area contributed by atoms with E-state index in [-0.39, 0.29) is 5.91 Å². The number of aromatic nitrogens is 3. The van der Waals surface area contributed by atoms with Gasteiger partial charge in [-0.05, 0) is 56.2 Å². The molecule has 0 fully saturated rings. The summed E-state index contributed by atoms with van der Waals surface area (Å²) in [4.78, 5) is 24.3. The Morgan fingerprint density at radius 1 is 1.10 bits per heavy atom. The number of para-hydroxylation sites is 1. The minimum absolute atomic E-state index is 0.150. The molecule has 2 heterocycles. The molecule has 0 unspecified atom stereocenters. The summed E-state index contributed by atoms with van der Waals surface area (Å²) in [5.74, 6) is 0.330. The third-order valence-electron chi connectivity index (χ3n) is 5.36. The molecule has 3 N–H and O–H groups in total. The second-order valence-electron chi connectivity index (χ2n) is 7.42.